The number of carbonyl (C=O) groups is 3. The molecule has 0 aromatic heterocycles. The third-order valence-corrected chi connectivity index (χ3v) is 6.72. The van der Waals surface area contributed by atoms with E-state index < -0.39 is 27.5 Å². The fourth-order valence-electron chi connectivity index (χ4n) is 3.91. The number of aliphatic carboxylic acids is 1. The summed E-state index contributed by atoms with van der Waals surface area (Å²) >= 11 is 1.36. The summed E-state index contributed by atoms with van der Waals surface area (Å²) in [4.78, 5) is 35.9. The molecule has 2 rings (SSSR count). The standard InChI is InChI=1S/C14H18O5S/c1-12(2)11(18)13(3,4)14(12)8(9(15)16)7(6-20-14)10(17)19-5/h6H2,1-5H3,(H,15,16). The number of rotatable bonds is 2. The highest BCUT2D eigenvalue weighted by molar-refractivity contribution is 8.01. The number of Topliss-reactive ketones (excluding diaryl/α,β-unsaturated/α-hetero) is 1. The highest BCUT2D eigenvalue weighted by atomic mass is 32.2. The van der Waals surface area contributed by atoms with Crippen molar-refractivity contribution in [1.82, 2.24) is 0 Å². The molecule has 6 heteroatoms. The van der Waals surface area contributed by atoms with Crippen LogP contribution in [0.5, 0.6) is 0 Å². The van der Waals surface area contributed by atoms with Crippen LogP contribution in [0.25, 0.3) is 0 Å². The molecule has 1 saturated carbocycles. The molecule has 1 spiro atoms. The zero-order chi connectivity index (χ0) is 15.5. The zero-order valence-corrected chi connectivity index (χ0v) is 13.0. The predicted molar refractivity (Wildman–Crippen MR) is 74.4 cm³/mol. The van der Waals surface area contributed by atoms with Crippen LogP contribution in [0.1, 0.15) is 27.7 Å². The van der Waals surface area contributed by atoms with E-state index in [1.807, 2.05) is 0 Å². The largest absolute Gasteiger partial charge is 0.478 e. The first-order chi connectivity index (χ1) is 9.05. The van der Waals surface area contributed by atoms with E-state index in [-0.39, 0.29) is 22.7 Å². The van der Waals surface area contributed by atoms with Crippen LogP contribution in [0.15, 0.2) is 11.1 Å². The minimum Gasteiger partial charge on any atom is -0.478 e. The molecular formula is C14H18O5S. The molecule has 110 valence electrons. The fraction of sp³-hybridized carbons (Fsp3) is 0.643. The van der Waals surface area contributed by atoms with E-state index in [2.05, 4.69) is 4.74 Å². The lowest BCUT2D eigenvalue weighted by Gasteiger charge is -2.63. The molecule has 2 aliphatic rings. The summed E-state index contributed by atoms with van der Waals surface area (Å²) in [5, 5.41) is 9.59. The van der Waals surface area contributed by atoms with Crippen molar-refractivity contribution in [2.75, 3.05) is 12.9 Å². The van der Waals surface area contributed by atoms with Gasteiger partial charge in [0.1, 0.15) is 5.78 Å². The Labute approximate surface area is 121 Å². The summed E-state index contributed by atoms with van der Waals surface area (Å²) in [5.74, 6) is -1.50. The molecule has 0 aromatic carbocycles. The van der Waals surface area contributed by atoms with E-state index in [1.165, 1.54) is 18.9 Å². The number of carboxylic acids is 1. The minimum atomic E-state index is -1.15. The van der Waals surface area contributed by atoms with E-state index in [4.69, 9.17) is 0 Å². The Hall–Kier alpha value is -1.30. The first-order valence-corrected chi connectivity index (χ1v) is 7.28. The number of ether oxygens (including phenoxy) is 1. The molecule has 0 bridgehead atoms. The van der Waals surface area contributed by atoms with Crippen molar-refractivity contribution in [2.45, 2.75) is 32.4 Å². The van der Waals surface area contributed by atoms with Crippen molar-refractivity contribution in [3.05, 3.63) is 11.1 Å². The number of thioether (sulfide) groups is 1. The van der Waals surface area contributed by atoms with Gasteiger partial charge in [0.25, 0.3) is 0 Å². The molecule has 0 saturated heterocycles. The van der Waals surface area contributed by atoms with Gasteiger partial charge in [-0.25, -0.2) is 9.59 Å². The van der Waals surface area contributed by atoms with Gasteiger partial charge in [0.15, 0.2) is 0 Å². The Morgan fingerprint density at radius 1 is 1.20 bits per heavy atom. The van der Waals surface area contributed by atoms with E-state index in [1.54, 1.807) is 27.7 Å². The maximum atomic E-state index is 12.3. The molecule has 5 nitrogen and oxygen atoms in total. The Balaban J connectivity index is 2.70. The first kappa shape index (κ1) is 15.1. The van der Waals surface area contributed by atoms with Gasteiger partial charge in [-0.15, -0.1) is 11.8 Å². The topological polar surface area (TPSA) is 80.7 Å². The van der Waals surface area contributed by atoms with Crippen LogP contribution < -0.4 is 0 Å². The number of ketones is 1. The van der Waals surface area contributed by atoms with Crippen LogP contribution in [0.2, 0.25) is 0 Å². The Bertz CT molecular complexity index is 538. The molecule has 1 heterocycles. The molecular weight excluding hydrogens is 280 g/mol. The van der Waals surface area contributed by atoms with Gasteiger partial charge in [0.05, 0.1) is 23.0 Å². The highest BCUT2D eigenvalue weighted by Crippen LogP contribution is 2.71. The SMILES string of the molecule is COC(=O)C1=C(C(=O)O)C2(SC1)C(C)(C)C(=O)C2(C)C. The molecule has 0 atom stereocenters. The highest BCUT2D eigenvalue weighted by Gasteiger charge is 2.77. The third kappa shape index (κ3) is 1.38. The summed E-state index contributed by atoms with van der Waals surface area (Å²) in [5.41, 5.74) is -1.43. The van der Waals surface area contributed by atoms with Crippen molar-refractivity contribution in [3.8, 4) is 0 Å². The Kier molecular flexibility index (Phi) is 3.09. The number of carbonyl (C=O) groups excluding carboxylic acids is 2. The maximum Gasteiger partial charge on any atom is 0.335 e. The van der Waals surface area contributed by atoms with Crippen LogP contribution >= 0.6 is 11.8 Å². The summed E-state index contributed by atoms with van der Waals surface area (Å²) in [6.07, 6.45) is 0. The molecule has 1 aliphatic heterocycles. The van der Waals surface area contributed by atoms with E-state index in [9.17, 15) is 19.5 Å². The van der Waals surface area contributed by atoms with E-state index >= 15 is 0 Å². The van der Waals surface area contributed by atoms with Gasteiger partial charge >= 0.3 is 11.9 Å². The van der Waals surface area contributed by atoms with E-state index in [0.717, 1.165) is 0 Å². The maximum absolute atomic E-state index is 12.3. The second kappa shape index (κ2) is 4.10. The second-order valence-electron chi connectivity index (χ2n) is 6.20. The van der Waals surface area contributed by atoms with Crippen LogP contribution in [-0.4, -0.2) is 40.4 Å². The number of carboxylic acid groups (broad SMARTS) is 1. The van der Waals surface area contributed by atoms with Crippen LogP contribution in [0.4, 0.5) is 0 Å². The Morgan fingerprint density at radius 2 is 1.70 bits per heavy atom. The van der Waals surface area contributed by atoms with Crippen molar-refractivity contribution in [3.63, 3.8) is 0 Å². The van der Waals surface area contributed by atoms with Crippen molar-refractivity contribution in [2.24, 2.45) is 10.8 Å². The summed E-state index contributed by atoms with van der Waals surface area (Å²) < 4.78 is 3.80. The van der Waals surface area contributed by atoms with Gasteiger partial charge in [-0.2, -0.15) is 0 Å². The quantitative estimate of drug-likeness (QED) is 0.781. The van der Waals surface area contributed by atoms with Crippen molar-refractivity contribution < 1.29 is 24.2 Å². The molecule has 0 unspecified atom stereocenters. The summed E-state index contributed by atoms with van der Waals surface area (Å²) in [6.45, 7) is 6.99. The van der Waals surface area contributed by atoms with Gasteiger partial charge in [-0.05, 0) is 0 Å². The molecule has 1 N–H and O–H groups in total. The number of methoxy groups -OCH3 is 1. The molecule has 0 aromatic rings. The van der Waals surface area contributed by atoms with Gasteiger partial charge in [-0.1, -0.05) is 27.7 Å². The molecule has 20 heavy (non-hydrogen) atoms. The van der Waals surface area contributed by atoms with Crippen molar-refractivity contribution in [1.29, 1.82) is 0 Å². The molecule has 0 amide bonds. The average molecular weight is 298 g/mol. The van der Waals surface area contributed by atoms with Crippen LogP contribution in [0, 0.1) is 10.8 Å². The van der Waals surface area contributed by atoms with Crippen molar-refractivity contribution >= 4 is 29.5 Å². The lowest BCUT2D eigenvalue weighted by molar-refractivity contribution is -0.158. The fourth-order valence-corrected chi connectivity index (χ4v) is 5.79. The van der Waals surface area contributed by atoms with Gasteiger partial charge in [0, 0.05) is 16.6 Å². The van der Waals surface area contributed by atoms with Gasteiger partial charge < -0.3 is 9.84 Å². The smallest absolute Gasteiger partial charge is 0.335 e. The zero-order valence-electron chi connectivity index (χ0n) is 12.2. The van der Waals surface area contributed by atoms with Gasteiger partial charge in [-0.3, -0.25) is 4.79 Å². The van der Waals surface area contributed by atoms with Crippen LogP contribution in [0.3, 0.4) is 0 Å². The number of hydrogen-bond acceptors (Lipinski definition) is 5. The number of hydrogen-bond donors (Lipinski definition) is 1. The minimum absolute atomic E-state index is 0.0161. The molecule has 0 radical (unpaired) electrons. The monoisotopic (exact) mass is 298 g/mol. The lowest BCUT2D eigenvalue weighted by atomic mass is 9.44. The normalized spacial score (nSPS) is 25.6. The lowest BCUT2D eigenvalue weighted by Crippen LogP contribution is -2.73. The summed E-state index contributed by atoms with van der Waals surface area (Å²) in [7, 11) is 1.23. The molecule has 1 aliphatic carbocycles. The van der Waals surface area contributed by atoms with Crippen LogP contribution in [-0.2, 0) is 19.1 Å². The Morgan fingerprint density at radius 3 is 2.10 bits per heavy atom. The first-order valence-electron chi connectivity index (χ1n) is 6.29. The predicted octanol–water partition coefficient (Wildman–Crippen LogP) is 1.66. The second-order valence-corrected chi connectivity index (χ2v) is 7.39. The number of esters is 1. The van der Waals surface area contributed by atoms with Gasteiger partial charge in [0.2, 0.25) is 0 Å². The van der Waals surface area contributed by atoms with E-state index in [0.29, 0.717) is 0 Å². The molecule has 1 fully saturated rings. The summed E-state index contributed by atoms with van der Waals surface area (Å²) in [6, 6.07) is 0. The third-order valence-electron chi connectivity index (χ3n) is 4.63. The average Bonchev–Trinajstić information content (AvgIpc) is 2.79.